The second-order valence-corrected chi connectivity index (χ2v) is 6.95. The number of hydrogen-bond acceptors (Lipinski definition) is 4. The number of amides is 2. The molecule has 6 heteroatoms. The van der Waals surface area contributed by atoms with Crippen LogP contribution in [-0.2, 0) is 14.3 Å². The Kier molecular flexibility index (Phi) is 5.18. The summed E-state index contributed by atoms with van der Waals surface area (Å²) >= 11 is 0. The summed E-state index contributed by atoms with van der Waals surface area (Å²) in [5.41, 5.74) is 0.937. The molecule has 2 fully saturated rings. The van der Waals surface area contributed by atoms with Gasteiger partial charge in [0.15, 0.2) is 6.04 Å². The average Bonchev–Trinajstić information content (AvgIpc) is 2.90. The van der Waals surface area contributed by atoms with Gasteiger partial charge >= 0.3 is 5.97 Å². The summed E-state index contributed by atoms with van der Waals surface area (Å²) < 4.78 is 4.95. The van der Waals surface area contributed by atoms with Crippen molar-refractivity contribution in [2.75, 3.05) is 24.6 Å². The first-order valence-electron chi connectivity index (χ1n) is 8.99. The predicted octanol–water partition coefficient (Wildman–Crippen LogP) is 0.810. The number of piperidine rings is 1. The van der Waals surface area contributed by atoms with E-state index < -0.39 is 5.97 Å². The Morgan fingerprint density at radius 2 is 2.00 bits per heavy atom. The molecule has 2 heterocycles. The first kappa shape index (κ1) is 17.6. The zero-order valence-corrected chi connectivity index (χ0v) is 14.8. The van der Waals surface area contributed by atoms with E-state index in [2.05, 4.69) is 6.92 Å². The van der Waals surface area contributed by atoms with E-state index in [4.69, 9.17) is 4.74 Å². The van der Waals surface area contributed by atoms with Gasteiger partial charge in [0, 0.05) is 5.92 Å². The predicted molar refractivity (Wildman–Crippen MR) is 92.4 cm³/mol. The van der Waals surface area contributed by atoms with E-state index in [-0.39, 0.29) is 24.3 Å². The third-order valence-corrected chi connectivity index (χ3v) is 5.08. The molecular formula is C19H25N2O4+. The number of nitrogens with one attached hydrogen (secondary N) is 1. The minimum atomic E-state index is -0.405. The molecule has 0 bridgehead atoms. The highest BCUT2D eigenvalue weighted by Gasteiger charge is 2.46. The van der Waals surface area contributed by atoms with Gasteiger partial charge in [0.05, 0.1) is 37.4 Å². The summed E-state index contributed by atoms with van der Waals surface area (Å²) in [7, 11) is 0. The Balaban J connectivity index is 1.75. The van der Waals surface area contributed by atoms with Gasteiger partial charge in [-0.15, -0.1) is 0 Å². The van der Waals surface area contributed by atoms with Crippen molar-refractivity contribution in [3.05, 3.63) is 29.8 Å². The van der Waals surface area contributed by atoms with Gasteiger partial charge in [0.2, 0.25) is 5.91 Å². The van der Waals surface area contributed by atoms with Crippen LogP contribution in [0.25, 0.3) is 0 Å². The molecule has 0 aromatic heterocycles. The Morgan fingerprint density at radius 3 is 2.64 bits per heavy atom. The normalized spacial score (nSPS) is 26.8. The average molecular weight is 345 g/mol. The van der Waals surface area contributed by atoms with Gasteiger partial charge in [-0.25, -0.2) is 9.69 Å². The minimum Gasteiger partial charge on any atom is -0.462 e. The number of imide groups is 1. The van der Waals surface area contributed by atoms with Crippen molar-refractivity contribution in [2.24, 2.45) is 5.92 Å². The van der Waals surface area contributed by atoms with Crippen LogP contribution in [0.3, 0.4) is 0 Å². The molecule has 1 aromatic carbocycles. The molecule has 3 atom stereocenters. The maximum absolute atomic E-state index is 12.8. The third-order valence-electron chi connectivity index (χ3n) is 5.08. The van der Waals surface area contributed by atoms with Crippen LogP contribution in [0, 0.1) is 5.92 Å². The second-order valence-electron chi connectivity index (χ2n) is 6.95. The standard InChI is InChI=1S/C19H24N2O4/c1-3-25-19(24)14-6-8-15(9-7-14)21-17(22)11-16(18(21)23)20-10-4-5-13(2)12-20/h6-9,13,16H,3-5,10-12H2,1-2H3/p+1/t13-,16+/m0/s1. The number of carbonyl (C=O) groups excluding carboxylic acids is 3. The topological polar surface area (TPSA) is 68.1 Å². The number of ether oxygens (including phenoxy) is 1. The summed E-state index contributed by atoms with van der Waals surface area (Å²) in [6, 6.07) is 6.19. The molecule has 0 saturated carbocycles. The van der Waals surface area contributed by atoms with E-state index in [9.17, 15) is 14.4 Å². The first-order valence-corrected chi connectivity index (χ1v) is 8.99. The summed E-state index contributed by atoms with van der Waals surface area (Å²) in [6.45, 7) is 6.15. The van der Waals surface area contributed by atoms with E-state index >= 15 is 0 Å². The van der Waals surface area contributed by atoms with Crippen molar-refractivity contribution in [1.29, 1.82) is 0 Å². The Labute approximate surface area is 147 Å². The van der Waals surface area contributed by atoms with Crippen LogP contribution >= 0.6 is 0 Å². The van der Waals surface area contributed by atoms with Crippen LogP contribution in [-0.4, -0.2) is 43.5 Å². The van der Waals surface area contributed by atoms with Crippen molar-refractivity contribution < 1.29 is 24.0 Å². The maximum atomic E-state index is 12.8. The minimum absolute atomic E-state index is 0.127. The number of nitrogens with zero attached hydrogens (tertiary/aromatic N) is 1. The van der Waals surface area contributed by atoms with Gasteiger partial charge in [0.25, 0.3) is 5.91 Å². The highest BCUT2D eigenvalue weighted by atomic mass is 16.5. The zero-order valence-electron chi connectivity index (χ0n) is 14.8. The number of esters is 1. The van der Waals surface area contributed by atoms with Crippen molar-refractivity contribution in [1.82, 2.24) is 0 Å². The van der Waals surface area contributed by atoms with Crippen molar-refractivity contribution in [2.45, 2.75) is 39.2 Å². The van der Waals surface area contributed by atoms with Gasteiger partial charge in [0.1, 0.15) is 0 Å². The van der Waals surface area contributed by atoms with Crippen LogP contribution in [0.1, 0.15) is 43.5 Å². The van der Waals surface area contributed by atoms with Crippen LogP contribution in [0.2, 0.25) is 0 Å². The number of rotatable bonds is 4. The van der Waals surface area contributed by atoms with Gasteiger partial charge in [-0.2, -0.15) is 0 Å². The molecule has 2 amide bonds. The summed E-state index contributed by atoms with van der Waals surface area (Å²) in [4.78, 5) is 39.5. The SMILES string of the molecule is CCOC(=O)c1ccc(N2C(=O)C[C@@H]([NH+]3CCC[C@H](C)C3)C2=O)cc1. The summed E-state index contributed by atoms with van der Waals surface area (Å²) in [5, 5.41) is 0. The van der Waals surface area contributed by atoms with Gasteiger partial charge in [-0.05, 0) is 44.0 Å². The van der Waals surface area contributed by atoms with Crippen LogP contribution in [0.5, 0.6) is 0 Å². The summed E-state index contributed by atoms with van der Waals surface area (Å²) in [6.07, 6.45) is 2.56. The Morgan fingerprint density at radius 1 is 1.28 bits per heavy atom. The molecule has 134 valence electrons. The highest BCUT2D eigenvalue weighted by Crippen LogP contribution is 2.23. The van der Waals surface area contributed by atoms with Crippen LogP contribution < -0.4 is 9.80 Å². The largest absolute Gasteiger partial charge is 0.462 e. The maximum Gasteiger partial charge on any atom is 0.338 e. The fraction of sp³-hybridized carbons (Fsp3) is 0.526. The van der Waals surface area contributed by atoms with Gasteiger partial charge < -0.3 is 9.64 Å². The quantitative estimate of drug-likeness (QED) is 0.648. The van der Waals surface area contributed by atoms with Crippen molar-refractivity contribution in [3.8, 4) is 0 Å². The van der Waals surface area contributed by atoms with E-state index in [0.29, 0.717) is 23.8 Å². The smallest absolute Gasteiger partial charge is 0.338 e. The Bertz CT molecular complexity index is 671. The lowest BCUT2D eigenvalue weighted by atomic mass is 9.98. The molecule has 0 aliphatic carbocycles. The first-order chi connectivity index (χ1) is 12.0. The zero-order chi connectivity index (χ0) is 18.0. The second kappa shape index (κ2) is 7.35. The molecule has 3 rings (SSSR count). The fourth-order valence-corrected chi connectivity index (χ4v) is 3.83. The number of carbonyl (C=O) groups is 3. The molecular weight excluding hydrogens is 320 g/mol. The van der Waals surface area contributed by atoms with Crippen molar-refractivity contribution in [3.63, 3.8) is 0 Å². The van der Waals surface area contributed by atoms with E-state index in [1.54, 1.807) is 31.2 Å². The lowest BCUT2D eigenvalue weighted by Crippen LogP contribution is -3.18. The number of likely N-dealkylation sites (tertiary alicyclic amines) is 1. The lowest BCUT2D eigenvalue weighted by molar-refractivity contribution is -0.923. The van der Waals surface area contributed by atoms with Crippen LogP contribution in [0.15, 0.2) is 24.3 Å². The third kappa shape index (κ3) is 3.58. The van der Waals surface area contributed by atoms with E-state index in [0.717, 1.165) is 19.5 Å². The Hall–Kier alpha value is -2.21. The molecule has 2 saturated heterocycles. The van der Waals surface area contributed by atoms with Crippen molar-refractivity contribution >= 4 is 23.5 Å². The molecule has 2 aliphatic heterocycles. The molecule has 1 aromatic rings. The number of anilines is 1. The number of benzene rings is 1. The molecule has 25 heavy (non-hydrogen) atoms. The highest BCUT2D eigenvalue weighted by molar-refractivity contribution is 6.21. The fourth-order valence-electron chi connectivity index (χ4n) is 3.83. The van der Waals surface area contributed by atoms with Gasteiger partial charge in [-0.1, -0.05) is 6.92 Å². The lowest BCUT2D eigenvalue weighted by Gasteiger charge is -2.31. The molecule has 0 spiro atoms. The summed E-state index contributed by atoms with van der Waals surface area (Å²) in [5.74, 6) is -0.107. The molecule has 1 unspecified atom stereocenters. The molecule has 0 radical (unpaired) electrons. The molecule has 2 aliphatic rings. The number of quaternary nitrogens is 1. The number of hydrogen-bond donors (Lipinski definition) is 1. The van der Waals surface area contributed by atoms with E-state index in [1.165, 1.54) is 16.2 Å². The van der Waals surface area contributed by atoms with Crippen LogP contribution in [0.4, 0.5) is 5.69 Å². The van der Waals surface area contributed by atoms with E-state index in [1.807, 2.05) is 0 Å². The van der Waals surface area contributed by atoms with Gasteiger partial charge in [-0.3, -0.25) is 9.59 Å². The molecule has 6 nitrogen and oxygen atoms in total. The monoisotopic (exact) mass is 345 g/mol. The molecule has 1 N–H and O–H groups in total.